The summed E-state index contributed by atoms with van der Waals surface area (Å²) in [5.41, 5.74) is 1.50. The van der Waals surface area contributed by atoms with Crippen molar-refractivity contribution in [3.63, 3.8) is 0 Å². The van der Waals surface area contributed by atoms with Gasteiger partial charge in [0.1, 0.15) is 23.5 Å². The summed E-state index contributed by atoms with van der Waals surface area (Å²) in [5.74, 6) is -0.408. The first kappa shape index (κ1) is 24.1. The van der Waals surface area contributed by atoms with Crippen LogP contribution < -0.4 is 15.2 Å². The van der Waals surface area contributed by atoms with Gasteiger partial charge in [-0.15, -0.1) is 13.2 Å². The van der Waals surface area contributed by atoms with Crippen LogP contribution in [0.1, 0.15) is 12.8 Å². The predicted molar refractivity (Wildman–Crippen MR) is 127 cm³/mol. The van der Waals surface area contributed by atoms with E-state index in [2.05, 4.69) is 14.8 Å². The molecular formula is C25H19F3N4O5. The Kier molecular flexibility index (Phi) is 5.94. The van der Waals surface area contributed by atoms with Crippen molar-refractivity contribution in [2.24, 2.45) is 0 Å². The summed E-state index contributed by atoms with van der Waals surface area (Å²) in [6, 6.07) is 11.7. The summed E-state index contributed by atoms with van der Waals surface area (Å²) < 4.78 is 54.1. The maximum absolute atomic E-state index is 13.3. The Morgan fingerprint density at radius 3 is 2.73 bits per heavy atom. The lowest BCUT2D eigenvalue weighted by Crippen LogP contribution is -2.37. The van der Waals surface area contributed by atoms with Crippen molar-refractivity contribution >= 4 is 33.7 Å². The molecule has 0 radical (unpaired) electrons. The van der Waals surface area contributed by atoms with E-state index in [9.17, 15) is 22.8 Å². The molecule has 9 nitrogen and oxygen atoms in total. The Morgan fingerprint density at radius 1 is 1.16 bits per heavy atom. The van der Waals surface area contributed by atoms with Gasteiger partial charge in [0, 0.05) is 30.8 Å². The normalized spacial score (nSPS) is 11.8. The second-order valence-corrected chi connectivity index (χ2v) is 8.07. The molecule has 3 heterocycles. The molecule has 37 heavy (non-hydrogen) atoms. The number of aromatic nitrogens is 3. The van der Waals surface area contributed by atoms with Gasteiger partial charge in [-0.1, -0.05) is 12.1 Å². The van der Waals surface area contributed by atoms with Gasteiger partial charge in [-0.3, -0.25) is 9.59 Å². The summed E-state index contributed by atoms with van der Waals surface area (Å²) in [6.07, 6.45) is -3.61. The number of oxazole rings is 1. The first-order chi connectivity index (χ1) is 17.6. The highest BCUT2D eigenvalue weighted by Crippen LogP contribution is 2.30. The van der Waals surface area contributed by atoms with E-state index in [1.807, 2.05) is 0 Å². The van der Waals surface area contributed by atoms with Gasteiger partial charge in [-0.2, -0.15) is 5.10 Å². The third-order valence-corrected chi connectivity index (χ3v) is 5.60. The van der Waals surface area contributed by atoms with Crippen LogP contribution in [0, 0.1) is 6.92 Å². The fourth-order valence-corrected chi connectivity index (χ4v) is 4.06. The maximum Gasteiger partial charge on any atom is 0.573 e. The number of carbonyl (C=O) groups is 1. The Hall–Kier alpha value is -4.61. The fourth-order valence-electron chi connectivity index (χ4n) is 4.06. The van der Waals surface area contributed by atoms with E-state index in [1.165, 1.54) is 29.4 Å². The molecule has 3 aromatic heterocycles. The van der Waals surface area contributed by atoms with Crippen molar-refractivity contribution in [1.29, 1.82) is 0 Å². The van der Waals surface area contributed by atoms with Gasteiger partial charge in [-0.05, 0) is 37.3 Å². The van der Waals surface area contributed by atoms with Gasteiger partial charge in [0.05, 0.1) is 11.6 Å². The lowest BCUT2D eigenvalue weighted by Gasteiger charge is -2.21. The van der Waals surface area contributed by atoms with Crippen LogP contribution in [0.3, 0.4) is 0 Å². The summed E-state index contributed by atoms with van der Waals surface area (Å²) in [7, 11) is 0. The fraction of sp³-hybridized carbons (Fsp3) is 0.200. The number of fused-ring (bicyclic) bond motifs is 2. The van der Waals surface area contributed by atoms with Crippen LogP contribution >= 0.6 is 0 Å². The summed E-state index contributed by atoms with van der Waals surface area (Å²) in [4.78, 5) is 32.1. The number of aryl methyl sites for hydroxylation is 1. The van der Waals surface area contributed by atoms with Gasteiger partial charge in [0.2, 0.25) is 5.91 Å². The smallest absolute Gasteiger partial charge is 0.462 e. The number of ether oxygens (including phenoxy) is 1. The third kappa shape index (κ3) is 4.77. The molecule has 0 unspecified atom stereocenters. The van der Waals surface area contributed by atoms with Crippen LogP contribution in [0.25, 0.3) is 33.3 Å². The van der Waals surface area contributed by atoms with Crippen molar-refractivity contribution in [2.45, 2.75) is 26.8 Å². The molecule has 0 spiro atoms. The number of benzene rings is 2. The number of anilines is 1. The molecule has 0 aliphatic carbocycles. The van der Waals surface area contributed by atoms with Crippen LogP contribution in [0.5, 0.6) is 5.75 Å². The number of nitrogens with zero attached hydrogens (tertiary/aromatic N) is 4. The van der Waals surface area contributed by atoms with Crippen molar-refractivity contribution < 1.29 is 31.5 Å². The van der Waals surface area contributed by atoms with E-state index in [4.69, 9.17) is 8.83 Å². The second-order valence-electron chi connectivity index (χ2n) is 8.07. The standard InChI is InChI=1S/C25H19F3N4O5/c1-3-31(16-7-8-19-20(12-16)36-14(2)29-19)21(33)13-32-24(34)18-9-10-35-23(18)22(30-32)15-5-4-6-17(11-15)37-25(26,27)28/h4-12H,3,13H2,1-2H3. The number of amides is 1. The molecule has 12 heteroatoms. The summed E-state index contributed by atoms with van der Waals surface area (Å²) in [6.45, 7) is 3.37. The molecule has 5 aromatic rings. The molecule has 0 bridgehead atoms. The number of furan rings is 1. The van der Waals surface area contributed by atoms with Crippen LogP contribution in [-0.2, 0) is 11.3 Å². The molecule has 0 aliphatic heterocycles. The highest BCUT2D eigenvalue weighted by molar-refractivity contribution is 5.95. The lowest BCUT2D eigenvalue weighted by atomic mass is 10.1. The molecule has 0 aliphatic rings. The van der Waals surface area contributed by atoms with E-state index >= 15 is 0 Å². The van der Waals surface area contributed by atoms with Gasteiger partial charge in [0.15, 0.2) is 17.1 Å². The summed E-state index contributed by atoms with van der Waals surface area (Å²) in [5, 5.41) is 4.41. The molecule has 0 atom stereocenters. The van der Waals surface area contributed by atoms with Crippen LogP contribution in [0.4, 0.5) is 18.9 Å². The average Bonchev–Trinajstić information content (AvgIpc) is 3.46. The number of halogens is 3. The molecule has 0 fully saturated rings. The monoisotopic (exact) mass is 512 g/mol. The predicted octanol–water partition coefficient (Wildman–Crippen LogP) is 5.06. The first-order valence-electron chi connectivity index (χ1n) is 11.1. The second kappa shape index (κ2) is 9.12. The zero-order chi connectivity index (χ0) is 26.3. The molecule has 0 saturated carbocycles. The SMILES string of the molecule is CCN(C(=O)Cn1nc(-c2cccc(OC(F)(F)F)c2)c2occc2c1=O)c1ccc2nc(C)oc2c1. The largest absolute Gasteiger partial charge is 0.573 e. The number of rotatable bonds is 6. The third-order valence-electron chi connectivity index (χ3n) is 5.60. The Labute approximate surface area is 206 Å². The Morgan fingerprint density at radius 2 is 1.97 bits per heavy atom. The quantitative estimate of drug-likeness (QED) is 0.313. The van der Waals surface area contributed by atoms with Gasteiger partial charge in [-0.25, -0.2) is 9.67 Å². The van der Waals surface area contributed by atoms with Crippen LogP contribution in [-0.4, -0.2) is 33.6 Å². The number of carbonyl (C=O) groups excluding carboxylic acids is 1. The number of alkyl halides is 3. The van der Waals surface area contributed by atoms with E-state index in [0.717, 1.165) is 16.8 Å². The molecule has 1 amide bonds. The Balaban J connectivity index is 1.52. The molecule has 0 saturated heterocycles. The maximum atomic E-state index is 13.3. The van der Waals surface area contributed by atoms with Crippen molar-refractivity contribution in [3.8, 4) is 17.0 Å². The molecular weight excluding hydrogens is 493 g/mol. The van der Waals surface area contributed by atoms with Gasteiger partial charge < -0.3 is 18.5 Å². The van der Waals surface area contributed by atoms with E-state index in [-0.39, 0.29) is 22.2 Å². The van der Waals surface area contributed by atoms with Crippen molar-refractivity contribution in [2.75, 3.05) is 11.4 Å². The minimum Gasteiger partial charge on any atom is -0.462 e. The molecule has 5 rings (SSSR count). The molecule has 2 aromatic carbocycles. The zero-order valence-electron chi connectivity index (χ0n) is 19.6. The molecule has 190 valence electrons. The topological polar surface area (TPSA) is 104 Å². The van der Waals surface area contributed by atoms with Crippen LogP contribution in [0.15, 0.2) is 68.4 Å². The van der Waals surface area contributed by atoms with Crippen molar-refractivity contribution in [3.05, 3.63) is 71.0 Å². The summed E-state index contributed by atoms with van der Waals surface area (Å²) >= 11 is 0. The number of hydrogen-bond donors (Lipinski definition) is 0. The number of likely N-dealkylation sites (N-methyl/N-ethyl adjacent to an activating group) is 1. The van der Waals surface area contributed by atoms with Gasteiger partial charge in [0.25, 0.3) is 5.56 Å². The van der Waals surface area contributed by atoms with E-state index < -0.39 is 30.1 Å². The van der Waals surface area contributed by atoms with E-state index in [0.29, 0.717) is 29.2 Å². The minimum absolute atomic E-state index is 0.0800. The van der Waals surface area contributed by atoms with Gasteiger partial charge >= 0.3 is 6.36 Å². The first-order valence-corrected chi connectivity index (χ1v) is 11.1. The molecule has 0 N–H and O–H groups in total. The lowest BCUT2D eigenvalue weighted by molar-refractivity contribution is -0.274. The minimum atomic E-state index is -4.88. The number of hydrogen-bond acceptors (Lipinski definition) is 7. The highest BCUT2D eigenvalue weighted by atomic mass is 19.4. The van der Waals surface area contributed by atoms with E-state index in [1.54, 1.807) is 32.0 Å². The van der Waals surface area contributed by atoms with Crippen LogP contribution in [0.2, 0.25) is 0 Å². The highest BCUT2D eigenvalue weighted by Gasteiger charge is 2.31. The average molecular weight is 512 g/mol. The van der Waals surface area contributed by atoms with Crippen molar-refractivity contribution in [1.82, 2.24) is 14.8 Å². The Bertz CT molecular complexity index is 1690. The zero-order valence-corrected chi connectivity index (χ0v) is 19.6.